The van der Waals surface area contributed by atoms with Gasteiger partial charge in [-0.1, -0.05) is 50.4 Å². The molecule has 2 heterocycles. The molecule has 242 valence electrons. The van der Waals surface area contributed by atoms with E-state index in [1.807, 2.05) is 44.7 Å². The summed E-state index contributed by atoms with van der Waals surface area (Å²) in [5.74, 6) is 7.25. The summed E-state index contributed by atoms with van der Waals surface area (Å²) in [6.45, 7) is 10.1. The minimum absolute atomic E-state index is 0.317. The Morgan fingerprint density at radius 2 is 2.00 bits per heavy atom. The van der Waals surface area contributed by atoms with E-state index in [0.29, 0.717) is 34.7 Å². The fourth-order valence-corrected chi connectivity index (χ4v) is 5.67. The minimum Gasteiger partial charge on any atom is -0.478 e. The van der Waals surface area contributed by atoms with E-state index in [1.165, 1.54) is 23.4 Å². The zero-order valence-corrected chi connectivity index (χ0v) is 27.6. The molecule has 0 aromatic heterocycles. The van der Waals surface area contributed by atoms with Crippen molar-refractivity contribution in [3.63, 3.8) is 0 Å². The van der Waals surface area contributed by atoms with Crippen LogP contribution < -0.4 is 16.0 Å². The number of carbonyl (C=O) groups excluding carboxylic acids is 1. The lowest BCUT2D eigenvalue weighted by Gasteiger charge is -2.33. The van der Waals surface area contributed by atoms with Gasteiger partial charge in [-0.05, 0) is 94.0 Å². The van der Waals surface area contributed by atoms with Crippen LogP contribution in [0.15, 0.2) is 70.3 Å². The van der Waals surface area contributed by atoms with Crippen LogP contribution in [0.5, 0.6) is 0 Å². The van der Waals surface area contributed by atoms with Crippen LogP contribution in [0.1, 0.15) is 76.5 Å². The molecule has 4 aliphatic rings. The molecule has 1 aromatic carbocycles. The summed E-state index contributed by atoms with van der Waals surface area (Å²) in [6.07, 6.45) is 7.37. The van der Waals surface area contributed by atoms with E-state index in [-0.39, 0.29) is 12.1 Å². The Morgan fingerprint density at radius 1 is 1.27 bits per heavy atom. The summed E-state index contributed by atoms with van der Waals surface area (Å²) in [5.41, 5.74) is 2.59. The van der Waals surface area contributed by atoms with Crippen molar-refractivity contribution in [3.8, 4) is 11.8 Å². The van der Waals surface area contributed by atoms with Gasteiger partial charge in [0.25, 0.3) is 5.91 Å². The first-order valence-corrected chi connectivity index (χ1v) is 16.5. The van der Waals surface area contributed by atoms with Crippen molar-refractivity contribution in [3.05, 3.63) is 86.9 Å². The second kappa shape index (κ2) is 15.2. The lowest BCUT2D eigenvalue weighted by molar-refractivity contribution is -0.137. The number of rotatable bonds is 9. The topological polar surface area (TPSA) is 65.6 Å². The number of nitrogens with one attached hydrogen (secondary N) is 3. The van der Waals surface area contributed by atoms with Gasteiger partial charge in [0.2, 0.25) is 0 Å². The molecule has 6 nitrogen and oxygen atoms in total. The lowest BCUT2D eigenvalue weighted by Crippen LogP contribution is -2.42. The maximum Gasteiger partial charge on any atom is 0.416 e. The Hall–Kier alpha value is -3.55. The fourth-order valence-electron chi connectivity index (χ4n) is 4.86. The molecule has 1 amide bonds. The Balaban J connectivity index is 0.00000226. The fraction of sp³-hybridized carbons (Fsp3) is 0.457. The highest BCUT2D eigenvalue weighted by atomic mass is 32.2. The zero-order valence-electron chi connectivity index (χ0n) is 26.8. The van der Waals surface area contributed by atoms with Crippen molar-refractivity contribution in [1.29, 1.82) is 0 Å². The largest absolute Gasteiger partial charge is 0.478 e. The van der Waals surface area contributed by atoms with Crippen LogP contribution in [-0.4, -0.2) is 36.1 Å². The number of amides is 1. The van der Waals surface area contributed by atoms with Crippen LogP contribution in [-0.2, 0) is 15.7 Å². The van der Waals surface area contributed by atoms with Gasteiger partial charge in [0.05, 0.1) is 28.3 Å². The normalized spacial score (nSPS) is 20.0. The first-order chi connectivity index (χ1) is 21.5. The van der Waals surface area contributed by atoms with Gasteiger partial charge in [-0.15, -0.1) is 0 Å². The molecule has 45 heavy (non-hydrogen) atoms. The first-order valence-electron chi connectivity index (χ1n) is 15.6. The number of carbonyl (C=O) groups is 1. The summed E-state index contributed by atoms with van der Waals surface area (Å²) >= 11 is 1.42. The number of hydrogen-bond acceptors (Lipinski definition) is 6. The summed E-state index contributed by atoms with van der Waals surface area (Å²) in [4.78, 5) is 16.7. The molecule has 2 fully saturated rings. The van der Waals surface area contributed by atoms with E-state index in [9.17, 15) is 18.0 Å². The van der Waals surface area contributed by atoms with Gasteiger partial charge in [0, 0.05) is 29.6 Å². The molecule has 5 rings (SSSR count). The summed E-state index contributed by atoms with van der Waals surface area (Å²) in [7, 11) is 1.80. The Morgan fingerprint density at radius 3 is 2.62 bits per heavy atom. The second-order valence-corrected chi connectivity index (χ2v) is 12.2. The second-order valence-electron chi connectivity index (χ2n) is 11.1. The van der Waals surface area contributed by atoms with Gasteiger partial charge in [-0.3, -0.25) is 10.1 Å². The Bertz CT molecular complexity index is 1490. The van der Waals surface area contributed by atoms with E-state index >= 15 is 0 Å². The zero-order chi connectivity index (χ0) is 32.7. The maximum atomic E-state index is 13.9. The third-order valence-corrected chi connectivity index (χ3v) is 8.44. The van der Waals surface area contributed by atoms with Crippen molar-refractivity contribution in [2.75, 3.05) is 13.6 Å². The molecule has 2 unspecified atom stereocenters. The van der Waals surface area contributed by atoms with Crippen molar-refractivity contribution < 1.29 is 22.7 Å². The molecule has 1 aromatic rings. The summed E-state index contributed by atoms with van der Waals surface area (Å²) in [6, 6.07) is 3.66. The number of benzene rings is 1. The van der Waals surface area contributed by atoms with Gasteiger partial charge in [-0.25, -0.2) is 0 Å². The van der Waals surface area contributed by atoms with Crippen LogP contribution >= 0.6 is 11.8 Å². The molecule has 2 saturated carbocycles. The summed E-state index contributed by atoms with van der Waals surface area (Å²) in [5, 5.41) is 9.35. The van der Waals surface area contributed by atoms with Crippen molar-refractivity contribution in [1.82, 2.24) is 20.9 Å². The molecule has 10 heteroatoms. The molecular weight excluding hydrogens is 597 g/mol. The van der Waals surface area contributed by atoms with E-state index in [2.05, 4.69) is 27.8 Å². The number of nitrogens with zero attached hydrogens (tertiary/aromatic N) is 1. The highest BCUT2D eigenvalue weighted by Crippen LogP contribution is 2.41. The van der Waals surface area contributed by atoms with Gasteiger partial charge in [-0.2, -0.15) is 13.2 Å². The highest BCUT2D eigenvalue weighted by Gasteiger charge is 2.34. The molecule has 2 aliphatic carbocycles. The number of ether oxygens (including phenoxy) is 1. The van der Waals surface area contributed by atoms with Crippen LogP contribution in [0.3, 0.4) is 0 Å². The van der Waals surface area contributed by atoms with Crippen molar-refractivity contribution in [2.45, 2.75) is 84.6 Å². The first kappa shape index (κ1) is 34.3. The predicted octanol–water partition coefficient (Wildman–Crippen LogP) is 7.54. The lowest BCUT2D eigenvalue weighted by atomic mass is 9.90. The number of halogens is 3. The van der Waals surface area contributed by atoms with Crippen LogP contribution in [0.4, 0.5) is 13.2 Å². The third kappa shape index (κ3) is 9.24. The monoisotopic (exact) mass is 640 g/mol. The SMILES string of the molecule is CC.CC/C=C(\C)OC(CN1C=C(c2cc(C(F)(F)F)ccc2C)C(C(=O)NC2NC=C(C#CC3CC3)S2)=CC1=C1CC1)NC. The Kier molecular flexibility index (Phi) is 11.6. The number of alkyl halides is 3. The summed E-state index contributed by atoms with van der Waals surface area (Å²) < 4.78 is 47.5. The number of allylic oxidation sites excluding steroid dienone is 5. The van der Waals surface area contributed by atoms with E-state index < -0.39 is 17.2 Å². The average Bonchev–Trinajstić information content (AvgIpc) is 3.95. The van der Waals surface area contributed by atoms with Gasteiger partial charge >= 0.3 is 6.18 Å². The standard InChI is InChI=1S/C33H37F3N4O2S.C2H6/c1-5-6-21(3)42-30(37-4)19-40-18-28(26-15-24(33(34,35)36)13-7-20(26)2)27(16-29(40)23-11-12-23)31(41)39-32-38-17-25(43-32)14-10-22-8-9-22;1-2/h6-7,13,15-18,22,30,32,37-38H,5,8-9,11-12,19H2,1-4H3,(H,39,41);1-2H3/b21-6+;. The minimum atomic E-state index is -4.52. The molecule has 2 atom stereocenters. The molecular formula is C35H43F3N4O2S. The maximum absolute atomic E-state index is 13.9. The average molecular weight is 641 g/mol. The van der Waals surface area contributed by atoms with Crippen LogP contribution in [0.2, 0.25) is 0 Å². The molecule has 0 saturated heterocycles. The Labute approximate surface area is 269 Å². The third-order valence-electron chi connectivity index (χ3n) is 7.48. The predicted molar refractivity (Wildman–Crippen MR) is 176 cm³/mol. The van der Waals surface area contributed by atoms with E-state index in [0.717, 1.165) is 60.6 Å². The quantitative estimate of drug-likeness (QED) is 0.147. The van der Waals surface area contributed by atoms with Crippen molar-refractivity contribution in [2.24, 2.45) is 5.92 Å². The molecule has 2 aliphatic heterocycles. The number of hydrogen-bond donors (Lipinski definition) is 3. The molecule has 3 N–H and O–H groups in total. The van der Waals surface area contributed by atoms with E-state index in [4.69, 9.17) is 4.74 Å². The van der Waals surface area contributed by atoms with E-state index in [1.54, 1.807) is 26.4 Å². The van der Waals surface area contributed by atoms with Crippen LogP contribution in [0.25, 0.3) is 5.57 Å². The number of thioether (sulfide) groups is 1. The van der Waals surface area contributed by atoms with Crippen LogP contribution in [0, 0.1) is 24.7 Å². The smallest absolute Gasteiger partial charge is 0.416 e. The molecule has 0 radical (unpaired) electrons. The molecule has 0 bridgehead atoms. The van der Waals surface area contributed by atoms with Crippen molar-refractivity contribution >= 4 is 23.2 Å². The van der Waals surface area contributed by atoms with Gasteiger partial charge in [0.1, 0.15) is 0 Å². The number of likely N-dealkylation sites (N-methyl/N-ethyl adjacent to an activating group) is 1. The van der Waals surface area contributed by atoms with Gasteiger partial charge in [0.15, 0.2) is 11.7 Å². The number of aryl methyl sites for hydroxylation is 1. The highest BCUT2D eigenvalue weighted by molar-refractivity contribution is 8.04. The molecule has 0 spiro atoms. The van der Waals surface area contributed by atoms with Gasteiger partial charge < -0.3 is 20.3 Å².